The second-order valence-electron chi connectivity index (χ2n) is 7.69. The van der Waals surface area contributed by atoms with E-state index in [1.807, 2.05) is 60.7 Å². The summed E-state index contributed by atoms with van der Waals surface area (Å²) in [4.78, 5) is 0. The van der Waals surface area contributed by atoms with E-state index in [0.29, 0.717) is 17.9 Å². The van der Waals surface area contributed by atoms with Crippen LogP contribution in [0.15, 0.2) is 92.5 Å². The number of hydrogen-bond acceptors (Lipinski definition) is 3. The summed E-state index contributed by atoms with van der Waals surface area (Å²) in [5, 5.41) is 0. The minimum absolute atomic E-state index is 0.538. The van der Waals surface area contributed by atoms with E-state index < -0.39 is 5.97 Å². The Labute approximate surface area is 197 Å². The Morgan fingerprint density at radius 3 is 1.67 bits per heavy atom. The highest BCUT2D eigenvalue weighted by Crippen LogP contribution is 2.32. The lowest BCUT2D eigenvalue weighted by molar-refractivity contribution is -0.293. The molecule has 0 fully saturated rings. The fourth-order valence-corrected chi connectivity index (χ4v) is 3.75. The summed E-state index contributed by atoms with van der Waals surface area (Å²) in [6.07, 6.45) is 8.70. The average molecular weight is 441 g/mol. The van der Waals surface area contributed by atoms with Crippen LogP contribution in [0.25, 0.3) is 18.2 Å². The molecule has 3 aromatic rings. The fourth-order valence-electron chi connectivity index (χ4n) is 3.75. The van der Waals surface area contributed by atoms with Crippen LogP contribution in [0.4, 0.5) is 0 Å². The molecule has 3 heteroatoms. The molecule has 0 aliphatic rings. The van der Waals surface area contributed by atoms with Crippen molar-refractivity contribution >= 4 is 18.2 Å². The van der Waals surface area contributed by atoms with Gasteiger partial charge in [0.2, 0.25) is 0 Å². The number of benzene rings is 3. The first kappa shape index (κ1) is 24.1. The monoisotopic (exact) mass is 440 g/mol. The van der Waals surface area contributed by atoms with Crippen molar-refractivity contribution in [3.05, 3.63) is 115 Å². The molecule has 170 valence electrons. The molecule has 0 spiro atoms. The first-order valence-electron chi connectivity index (χ1n) is 11.2. The Kier molecular flexibility index (Phi) is 8.68. The number of aryl methyl sites for hydroxylation is 1. The molecule has 0 saturated carbocycles. The van der Waals surface area contributed by atoms with Gasteiger partial charge in [0.15, 0.2) is 0 Å². The number of hydrogen-bond donors (Lipinski definition) is 0. The van der Waals surface area contributed by atoms with Gasteiger partial charge in [0.25, 0.3) is 0 Å². The second kappa shape index (κ2) is 11.9. The molecule has 0 aromatic heterocycles. The number of ether oxygens (including phenoxy) is 3. The maximum absolute atomic E-state index is 6.41. The molecule has 0 heterocycles. The topological polar surface area (TPSA) is 27.7 Å². The zero-order chi connectivity index (χ0) is 23.5. The molecule has 0 N–H and O–H groups in total. The minimum Gasteiger partial charge on any atom is -0.429 e. The molecule has 0 saturated heterocycles. The maximum atomic E-state index is 6.41. The third-order valence-electron chi connectivity index (χ3n) is 5.57. The average Bonchev–Trinajstić information content (AvgIpc) is 2.87. The third kappa shape index (κ3) is 6.24. The van der Waals surface area contributed by atoms with Gasteiger partial charge in [-0.1, -0.05) is 98.6 Å². The van der Waals surface area contributed by atoms with E-state index in [9.17, 15) is 0 Å². The molecular weight excluding hydrogens is 408 g/mol. The van der Waals surface area contributed by atoms with E-state index in [1.165, 1.54) is 11.1 Å². The lowest BCUT2D eigenvalue weighted by Gasteiger charge is -2.33. The van der Waals surface area contributed by atoms with Crippen LogP contribution in [0.5, 0.6) is 11.5 Å². The van der Waals surface area contributed by atoms with Gasteiger partial charge in [-0.25, -0.2) is 0 Å². The number of methoxy groups -OCH3 is 1. The molecule has 3 nitrogen and oxygen atoms in total. The highest BCUT2D eigenvalue weighted by molar-refractivity contribution is 5.56. The lowest BCUT2D eigenvalue weighted by Crippen LogP contribution is -2.44. The van der Waals surface area contributed by atoms with Gasteiger partial charge in [-0.2, -0.15) is 0 Å². The zero-order valence-corrected chi connectivity index (χ0v) is 19.3. The maximum Gasteiger partial charge on any atom is 0.371 e. The molecule has 0 aliphatic carbocycles. The van der Waals surface area contributed by atoms with Crippen molar-refractivity contribution in [3.63, 3.8) is 0 Å². The minimum atomic E-state index is -1.30. The van der Waals surface area contributed by atoms with Crippen LogP contribution in [0.2, 0.25) is 0 Å². The van der Waals surface area contributed by atoms with Gasteiger partial charge in [-0.15, -0.1) is 0 Å². The second-order valence-corrected chi connectivity index (χ2v) is 7.69. The van der Waals surface area contributed by atoms with Crippen LogP contribution in [-0.4, -0.2) is 13.1 Å². The SMILES string of the molecule is C=Cc1ccccc1CCCCC(OC)(Oc1ccccc1C=C)Oc1ccccc1C=C. The fraction of sp³-hybridized carbons (Fsp3) is 0.200. The first-order valence-corrected chi connectivity index (χ1v) is 11.2. The van der Waals surface area contributed by atoms with Crippen LogP contribution in [0.1, 0.15) is 41.5 Å². The van der Waals surface area contributed by atoms with Gasteiger partial charge < -0.3 is 14.2 Å². The van der Waals surface area contributed by atoms with Crippen molar-refractivity contribution in [1.29, 1.82) is 0 Å². The van der Waals surface area contributed by atoms with Crippen molar-refractivity contribution in [2.45, 2.75) is 31.7 Å². The molecule has 0 atom stereocenters. The van der Waals surface area contributed by atoms with Gasteiger partial charge in [-0.05, 0) is 42.5 Å². The third-order valence-corrected chi connectivity index (χ3v) is 5.57. The quantitative estimate of drug-likeness (QED) is 0.201. The summed E-state index contributed by atoms with van der Waals surface area (Å²) in [7, 11) is 1.61. The number of rotatable bonds is 13. The molecule has 0 unspecified atom stereocenters. The van der Waals surface area contributed by atoms with Crippen molar-refractivity contribution in [1.82, 2.24) is 0 Å². The van der Waals surface area contributed by atoms with Crippen molar-refractivity contribution in [2.24, 2.45) is 0 Å². The smallest absolute Gasteiger partial charge is 0.371 e. The molecule has 3 rings (SSSR count). The predicted molar refractivity (Wildman–Crippen MR) is 138 cm³/mol. The molecule has 33 heavy (non-hydrogen) atoms. The largest absolute Gasteiger partial charge is 0.429 e. The number of para-hydroxylation sites is 2. The van der Waals surface area contributed by atoms with Crippen molar-refractivity contribution < 1.29 is 14.2 Å². The van der Waals surface area contributed by atoms with Gasteiger partial charge in [0.1, 0.15) is 11.5 Å². The van der Waals surface area contributed by atoms with E-state index in [1.54, 1.807) is 19.3 Å². The van der Waals surface area contributed by atoms with Gasteiger partial charge >= 0.3 is 5.97 Å². The molecule has 0 bridgehead atoms. The van der Waals surface area contributed by atoms with Crippen molar-refractivity contribution in [3.8, 4) is 11.5 Å². The van der Waals surface area contributed by atoms with Crippen LogP contribution < -0.4 is 9.47 Å². The van der Waals surface area contributed by atoms with E-state index in [-0.39, 0.29) is 0 Å². The Hall–Kier alpha value is -3.56. The Bertz CT molecular complexity index is 1030. The summed E-state index contributed by atoms with van der Waals surface area (Å²) >= 11 is 0. The summed E-state index contributed by atoms with van der Waals surface area (Å²) < 4.78 is 18.7. The highest BCUT2D eigenvalue weighted by Gasteiger charge is 2.36. The van der Waals surface area contributed by atoms with Crippen LogP contribution in [0.3, 0.4) is 0 Å². The van der Waals surface area contributed by atoms with Crippen LogP contribution >= 0.6 is 0 Å². The molecule has 3 aromatic carbocycles. The highest BCUT2D eigenvalue weighted by atomic mass is 16.9. The summed E-state index contributed by atoms with van der Waals surface area (Å²) in [5.41, 5.74) is 4.20. The van der Waals surface area contributed by atoms with Crippen molar-refractivity contribution in [2.75, 3.05) is 7.11 Å². The Balaban J connectivity index is 1.82. The van der Waals surface area contributed by atoms with E-state index in [4.69, 9.17) is 14.2 Å². The Morgan fingerprint density at radius 2 is 1.15 bits per heavy atom. The van der Waals surface area contributed by atoms with Gasteiger partial charge in [0.05, 0.1) is 6.42 Å². The van der Waals surface area contributed by atoms with Gasteiger partial charge in [0, 0.05) is 18.2 Å². The standard InChI is InChI=1S/C30H32O3/c1-5-24-16-8-9-19-27(24)20-14-15-23-30(31-4,32-28-21-12-10-17-25(28)6-2)33-29-22-13-11-18-26(29)7-3/h5-13,16-19,21-22H,1-3,14-15,20,23H2,4H3. The predicted octanol–water partition coefficient (Wildman–Crippen LogP) is 7.79. The van der Waals surface area contributed by atoms with Crippen LogP contribution in [0, 0.1) is 0 Å². The lowest BCUT2D eigenvalue weighted by atomic mass is 10.0. The zero-order valence-electron chi connectivity index (χ0n) is 19.3. The normalized spacial score (nSPS) is 10.9. The first-order chi connectivity index (χ1) is 16.1. The van der Waals surface area contributed by atoms with Gasteiger partial charge in [-0.3, -0.25) is 0 Å². The van der Waals surface area contributed by atoms with E-state index in [0.717, 1.165) is 30.4 Å². The number of unbranched alkanes of at least 4 members (excludes halogenated alkanes) is 1. The van der Waals surface area contributed by atoms with E-state index in [2.05, 4.69) is 37.9 Å². The summed E-state index contributed by atoms with van der Waals surface area (Å²) in [6.45, 7) is 11.7. The molecule has 0 radical (unpaired) electrons. The van der Waals surface area contributed by atoms with Crippen LogP contribution in [-0.2, 0) is 11.2 Å². The van der Waals surface area contributed by atoms with E-state index >= 15 is 0 Å². The molecule has 0 amide bonds. The molecule has 0 aliphatic heterocycles. The summed E-state index contributed by atoms with van der Waals surface area (Å²) in [6, 6.07) is 23.8. The Morgan fingerprint density at radius 1 is 0.667 bits per heavy atom. The summed E-state index contributed by atoms with van der Waals surface area (Å²) in [5.74, 6) is 0.0146. The molecular formula is C30H32O3.